The fourth-order valence-corrected chi connectivity index (χ4v) is 3.52. The normalized spacial score (nSPS) is 10.4. The van der Waals surface area contributed by atoms with Gasteiger partial charge in [0.25, 0.3) is 5.91 Å². The van der Waals surface area contributed by atoms with Gasteiger partial charge in [0.15, 0.2) is 4.34 Å². The van der Waals surface area contributed by atoms with Crippen molar-refractivity contribution in [3.05, 3.63) is 65.7 Å². The smallest absolute Gasteiger partial charge is 0.257 e. The summed E-state index contributed by atoms with van der Waals surface area (Å²) in [4.78, 5) is 23.9. The first-order chi connectivity index (χ1) is 13.0. The van der Waals surface area contributed by atoms with Gasteiger partial charge in [-0.05, 0) is 42.5 Å². The Morgan fingerprint density at radius 1 is 1.00 bits per heavy atom. The van der Waals surface area contributed by atoms with Crippen LogP contribution in [0.4, 0.5) is 19.6 Å². The van der Waals surface area contributed by atoms with Crippen molar-refractivity contribution in [1.29, 1.82) is 0 Å². The number of halogens is 2. The van der Waals surface area contributed by atoms with E-state index < -0.39 is 11.7 Å². The molecule has 0 spiro atoms. The number of benzene rings is 2. The van der Waals surface area contributed by atoms with E-state index in [0.29, 0.717) is 10.0 Å². The largest absolute Gasteiger partial charge is 0.325 e. The second-order valence-electron chi connectivity index (χ2n) is 5.18. The quantitative estimate of drug-likeness (QED) is 0.481. The first-order valence-electron chi connectivity index (χ1n) is 7.58. The van der Waals surface area contributed by atoms with Gasteiger partial charge in [0.05, 0.1) is 5.75 Å². The zero-order valence-electron chi connectivity index (χ0n) is 13.6. The van der Waals surface area contributed by atoms with Gasteiger partial charge < -0.3 is 5.32 Å². The second kappa shape index (κ2) is 8.69. The highest BCUT2D eigenvalue weighted by Gasteiger charge is 2.12. The molecule has 138 valence electrons. The lowest BCUT2D eigenvalue weighted by atomic mass is 10.2. The molecule has 1 heterocycles. The molecule has 3 rings (SSSR count). The minimum atomic E-state index is -0.511. The first kappa shape index (κ1) is 18.9. The summed E-state index contributed by atoms with van der Waals surface area (Å²) in [6.07, 6.45) is 0. The van der Waals surface area contributed by atoms with E-state index >= 15 is 0 Å². The minimum absolute atomic E-state index is 0.0733. The maximum atomic E-state index is 13.2. The van der Waals surface area contributed by atoms with E-state index in [4.69, 9.17) is 0 Å². The summed E-state index contributed by atoms with van der Waals surface area (Å²) in [7, 11) is 0. The van der Waals surface area contributed by atoms with E-state index in [-0.39, 0.29) is 28.2 Å². The molecule has 0 bridgehead atoms. The van der Waals surface area contributed by atoms with E-state index in [1.165, 1.54) is 42.5 Å². The van der Waals surface area contributed by atoms with Crippen molar-refractivity contribution in [3.8, 4) is 0 Å². The van der Waals surface area contributed by atoms with Gasteiger partial charge in [0, 0.05) is 11.3 Å². The topological polar surface area (TPSA) is 84.0 Å². The molecule has 3 aromatic rings. The number of thioether (sulfide) groups is 1. The predicted molar refractivity (Wildman–Crippen MR) is 100 cm³/mol. The summed E-state index contributed by atoms with van der Waals surface area (Å²) >= 11 is 2.24. The van der Waals surface area contributed by atoms with Gasteiger partial charge in [-0.2, -0.15) is 0 Å². The molecule has 10 heteroatoms. The molecule has 6 nitrogen and oxygen atoms in total. The molecule has 1 aromatic heterocycles. The van der Waals surface area contributed by atoms with Crippen LogP contribution in [0.3, 0.4) is 0 Å². The minimum Gasteiger partial charge on any atom is -0.325 e. The summed E-state index contributed by atoms with van der Waals surface area (Å²) in [5.74, 6) is -1.61. The van der Waals surface area contributed by atoms with Gasteiger partial charge in [-0.1, -0.05) is 29.2 Å². The van der Waals surface area contributed by atoms with Gasteiger partial charge in [0.2, 0.25) is 11.0 Å². The predicted octanol–water partition coefficient (Wildman–Crippen LogP) is 3.80. The van der Waals surface area contributed by atoms with E-state index in [1.807, 2.05) is 0 Å². The number of carbonyl (C=O) groups is 2. The van der Waals surface area contributed by atoms with Crippen LogP contribution < -0.4 is 10.6 Å². The third-order valence-corrected chi connectivity index (χ3v) is 5.14. The molecule has 2 amide bonds. The molecule has 0 atom stereocenters. The molecule has 0 radical (unpaired) electrons. The van der Waals surface area contributed by atoms with Crippen LogP contribution in [-0.2, 0) is 4.79 Å². The average Bonchev–Trinajstić information content (AvgIpc) is 3.09. The maximum Gasteiger partial charge on any atom is 0.257 e. The lowest BCUT2D eigenvalue weighted by molar-refractivity contribution is -0.113. The van der Waals surface area contributed by atoms with Crippen molar-refractivity contribution in [2.24, 2.45) is 0 Å². The number of hydrogen-bond acceptors (Lipinski definition) is 6. The molecule has 0 saturated heterocycles. The number of rotatable bonds is 6. The van der Waals surface area contributed by atoms with Crippen molar-refractivity contribution >= 4 is 45.7 Å². The van der Waals surface area contributed by atoms with Gasteiger partial charge in [0.1, 0.15) is 11.6 Å². The maximum absolute atomic E-state index is 13.2. The monoisotopic (exact) mass is 406 g/mol. The number of aromatic nitrogens is 2. The lowest BCUT2D eigenvalue weighted by Gasteiger charge is -2.03. The highest BCUT2D eigenvalue weighted by Crippen LogP contribution is 2.26. The van der Waals surface area contributed by atoms with Crippen LogP contribution in [0.2, 0.25) is 0 Å². The zero-order valence-corrected chi connectivity index (χ0v) is 15.2. The van der Waals surface area contributed by atoms with Gasteiger partial charge in [-0.25, -0.2) is 8.78 Å². The Bertz CT molecular complexity index is 964. The van der Waals surface area contributed by atoms with Crippen LogP contribution in [0.1, 0.15) is 10.4 Å². The summed E-state index contributed by atoms with van der Waals surface area (Å²) < 4.78 is 26.5. The number of hydrogen-bond donors (Lipinski definition) is 2. The molecule has 0 saturated carbocycles. The second-order valence-corrected chi connectivity index (χ2v) is 7.38. The zero-order chi connectivity index (χ0) is 19.2. The van der Waals surface area contributed by atoms with E-state index in [9.17, 15) is 18.4 Å². The summed E-state index contributed by atoms with van der Waals surface area (Å²) in [6, 6.07) is 10.7. The Labute approximate surface area is 161 Å². The van der Waals surface area contributed by atoms with Crippen LogP contribution in [0.15, 0.2) is 52.9 Å². The number of anilines is 2. The summed E-state index contributed by atoms with van der Waals surface area (Å²) in [5.41, 5.74) is 0.653. The van der Waals surface area contributed by atoms with Crippen molar-refractivity contribution in [3.63, 3.8) is 0 Å². The van der Waals surface area contributed by atoms with Gasteiger partial charge in [-0.3, -0.25) is 14.9 Å². The van der Waals surface area contributed by atoms with Gasteiger partial charge >= 0.3 is 0 Å². The molecule has 2 N–H and O–H groups in total. The number of nitrogens with zero attached hydrogens (tertiary/aromatic N) is 2. The van der Waals surface area contributed by atoms with Crippen molar-refractivity contribution < 1.29 is 18.4 Å². The van der Waals surface area contributed by atoms with Gasteiger partial charge in [-0.15, -0.1) is 10.2 Å². The lowest BCUT2D eigenvalue weighted by Crippen LogP contribution is -2.13. The molecule has 2 aromatic carbocycles. The Morgan fingerprint density at radius 2 is 1.78 bits per heavy atom. The van der Waals surface area contributed by atoms with Crippen molar-refractivity contribution in [2.75, 3.05) is 16.4 Å². The average molecular weight is 406 g/mol. The SMILES string of the molecule is O=C(CSc1nnc(NC(=O)c2cccc(F)c2)s1)Nc1ccc(F)cc1. The molecular weight excluding hydrogens is 394 g/mol. The third-order valence-electron chi connectivity index (χ3n) is 3.17. The molecule has 0 aliphatic heterocycles. The Balaban J connectivity index is 1.51. The number of carbonyl (C=O) groups excluding carboxylic acids is 2. The number of nitrogens with one attached hydrogen (secondary N) is 2. The van der Waals surface area contributed by atoms with Crippen molar-refractivity contribution in [2.45, 2.75) is 4.34 Å². The molecule has 0 aliphatic rings. The van der Waals surface area contributed by atoms with Crippen LogP contribution in [0.5, 0.6) is 0 Å². The summed E-state index contributed by atoms with van der Waals surface area (Å²) in [5, 5.41) is 13.1. The fraction of sp³-hybridized carbons (Fsp3) is 0.0588. The molecule has 0 fully saturated rings. The standard InChI is InChI=1S/C17H12F2N4O2S2/c18-11-4-6-13(7-5-11)20-14(24)9-26-17-23-22-16(27-17)21-15(25)10-2-1-3-12(19)8-10/h1-8H,9H2,(H,20,24)(H,21,22,25). The van der Waals surface area contributed by atoms with E-state index in [1.54, 1.807) is 0 Å². The molecular formula is C17H12F2N4O2S2. The van der Waals surface area contributed by atoms with Crippen LogP contribution in [0, 0.1) is 11.6 Å². The van der Waals surface area contributed by atoms with E-state index in [0.717, 1.165) is 29.2 Å². The Kier molecular flexibility index (Phi) is 6.09. The first-order valence-corrected chi connectivity index (χ1v) is 9.38. The van der Waals surface area contributed by atoms with E-state index in [2.05, 4.69) is 20.8 Å². The number of amides is 2. The molecule has 0 aliphatic carbocycles. The van der Waals surface area contributed by atoms with Crippen molar-refractivity contribution in [1.82, 2.24) is 10.2 Å². The van der Waals surface area contributed by atoms with Crippen LogP contribution in [-0.4, -0.2) is 27.8 Å². The third kappa shape index (κ3) is 5.56. The highest BCUT2D eigenvalue weighted by molar-refractivity contribution is 8.01. The summed E-state index contributed by atoms with van der Waals surface area (Å²) in [6.45, 7) is 0. The molecule has 27 heavy (non-hydrogen) atoms. The van der Waals surface area contributed by atoms with Crippen LogP contribution >= 0.6 is 23.1 Å². The van der Waals surface area contributed by atoms with Crippen LogP contribution in [0.25, 0.3) is 0 Å². The Hall–Kier alpha value is -2.85. The molecule has 0 unspecified atom stereocenters. The highest BCUT2D eigenvalue weighted by atomic mass is 32.2. The fourth-order valence-electron chi connectivity index (χ4n) is 1.98. The Morgan fingerprint density at radius 3 is 2.52 bits per heavy atom.